The highest BCUT2D eigenvalue weighted by Crippen LogP contribution is 2.77. The van der Waals surface area contributed by atoms with E-state index in [1.165, 1.54) is 24.8 Å². The normalized spacial score (nSPS) is 45.7. The molecule has 222 valence electrons. The summed E-state index contributed by atoms with van der Waals surface area (Å²) in [5.41, 5.74) is 3.06. The van der Waals surface area contributed by atoms with Gasteiger partial charge in [0.15, 0.2) is 5.78 Å². The number of methoxy groups -OCH3 is 1. The molecule has 5 aliphatic rings. The van der Waals surface area contributed by atoms with E-state index >= 15 is 0 Å². The monoisotopic (exact) mass is 556 g/mol. The summed E-state index contributed by atoms with van der Waals surface area (Å²) in [7, 11) is 1.59. The van der Waals surface area contributed by atoms with Crippen LogP contribution in [0.5, 0.6) is 0 Å². The number of hydrogen-bond acceptors (Lipinski definition) is 3. The van der Waals surface area contributed by atoms with E-state index in [4.69, 9.17) is 4.74 Å². The molecule has 1 aromatic rings. The number of benzene rings is 1. The predicted molar refractivity (Wildman–Crippen MR) is 166 cm³/mol. The van der Waals surface area contributed by atoms with Crippen LogP contribution in [0.2, 0.25) is 0 Å². The number of carbonyl (C=O) groups is 2. The van der Waals surface area contributed by atoms with E-state index in [0.29, 0.717) is 35.4 Å². The maximum Gasteiger partial charge on any atom is 0.312 e. The Balaban J connectivity index is 1.42. The van der Waals surface area contributed by atoms with Crippen molar-refractivity contribution >= 4 is 17.8 Å². The second kappa shape index (κ2) is 9.42. The molecule has 0 N–H and O–H groups in total. The third-order valence-corrected chi connectivity index (χ3v) is 14.4. The summed E-state index contributed by atoms with van der Waals surface area (Å²) < 4.78 is 5.54. The molecule has 6 rings (SSSR count). The summed E-state index contributed by atoms with van der Waals surface area (Å²) in [4.78, 5) is 27.5. The first kappa shape index (κ1) is 28.9. The van der Waals surface area contributed by atoms with Crippen molar-refractivity contribution in [1.82, 2.24) is 0 Å². The number of allylic oxidation sites excluding steroid dienone is 2. The smallest absolute Gasteiger partial charge is 0.312 e. The van der Waals surface area contributed by atoms with Crippen LogP contribution in [-0.4, -0.2) is 18.9 Å². The minimum atomic E-state index is -0.365. The van der Waals surface area contributed by atoms with E-state index in [-0.39, 0.29) is 33.0 Å². The SMILES string of the molecule is C=C(C)C1CC[C@]2(C(=O)OC)CC[C@]3(C)[C@H](CC[C@@H]4[C@@]5(C)C/C(=C/c6ccccc6)C(=O)C(C)(C)C5CC[C@]43C)C12. The number of carbonyl (C=O) groups excluding carboxylic acids is 2. The van der Waals surface area contributed by atoms with Crippen molar-refractivity contribution in [2.24, 2.45) is 56.7 Å². The van der Waals surface area contributed by atoms with Crippen LogP contribution in [-0.2, 0) is 14.3 Å². The van der Waals surface area contributed by atoms with E-state index < -0.39 is 0 Å². The number of ketones is 1. The molecule has 5 saturated carbocycles. The van der Waals surface area contributed by atoms with E-state index in [9.17, 15) is 9.59 Å². The van der Waals surface area contributed by atoms with Crippen LogP contribution in [0.25, 0.3) is 6.08 Å². The highest BCUT2D eigenvalue weighted by Gasteiger charge is 2.72. The van der Waals surface area contributed by atoms with Crippen molar-refractivity contribution in [3.8, 4) is 0 Å². The molecule has 0 aromatic heterocycles. The Hall–Kier alpha value is -2.16. The molecular weight excluding hydrogens is 504 g/mol. The maximum atomic E-state index is 14.0. The van der Waals surface area contributed by atoms with Gasteiger partial charge in [0.1, 0.15) is 0 Å². The molecule has 0 amide bonds. The summed E-state index contributed by atoms with van der Waals surface area (Å²) in [6.45, 7) is 18.9. The van der Waals surface area contributed by atoms with Gasteiger partial charge in [0.2, 0.25) is 0 Å². The van der Waals surface area contributed by atoms with Gasteiger partial charge in [0.05, 0.1) is 12.5 Å². The molecule has 9 atom stereocenters. The fraction of sp³-hybridized carbons (Fsp3) is 0.684. The topological polar surface area (TPSA) is 43.4 Å². The van der Waals surface area contributed by atoms with Crippen LogP contribution < -0.4 is 0 Å². The lowest BCUT2D eigenvalue weighted by Gasteiger charge is -2.72. The summed E-state index contributed by atoms with van der Waals surface area (Å²) in [6.07, 6.45) is 11.7. The summed E-state index contributed by atoms with van der Waals surface area (Å²) in [5.74, 6) is 2.55. The number of Topliss-reactive ketones (excluding diaryl/α,β-unsaturated/α-hetero) is 1. The Labute approximate surface area is 248 Å². The number of esters is 1. The molecule has 0 spiro atoms. The molecule has 5 fully saturated rings. The molecule has 3 heteroatoms. The van der Waals surface area contributed by atoms with Crippen molar-refractivity contribution in [2.75, 3.05) is 7.11 Å². The van der Waals surface area contributed by atoms with E-state index in [1.54, 1.807) is 7.11 Å². The molecular formula is C38H52O3. The van der Waals surface area contributed by atoms with Crippen LogP contribution in [0.1, 0.15) is 105 Å². The van der Waals surface area contributed by atoms with Crippen molar-refractivity contribution in [3.63, 3.8) is 0 Å². The van der Waals surface area contributed by atoms with E-state index in [2.05, 4.69) is 78.5 Å². The molecule has 3 unspecified atom stereocenters. The maximum absolute atomic E-state index is 14.0. The van der Waals surface area contributed by atoms with Gasteiger partial charge >= 0.3 is 5.97 Å². The number of rotatable bonds is 3. The average molecular weight is 557 g/mol. The van der Waals surface area contributed by atoms with Crippen molar-refractivity contribution in [1.29, 1.82) is 0 Å². The molecule has 1 aromatic carbocycles. The lowest BCUT2D eigenvalue weighted by atomic mass is 9.32. The van der Waals surface area contributed by atoms with Gasteiger partial charge in [0, 0.05) is 5.41 Å². The molecule has 41 heavy (non-hydrogen) atoms. The van der Waals surface area contributed by atoms with Crippen molar-refractivity contribution in [2.45, 2.75) is 99.3 Å². The van der Waals surface area contributed by atoms with Gasteiger partial charge in [0.25, 0.3) is 0 Å². The van der Waals surface area contributed by atoms with Gasteiger partial charge in [-0.05, 0) is 128 Å². The molecule has 3 nitrogen and oxygen atoms in total. The molecule has 5 aliphatic carbocycles. The second-order valence-corrected chi connectivity index (χ2v) is 16.1. The summed E-state index contributed by atoms with van der Waals surface area (Å²) in [5, 5.41) is 0. The molecule has 0 aliphatic heterocycles. The zero-order chi connectivity index (χ0) is 29.6. The van der Waals surface area contributed by atoms with Gasteiger partial charge in [-0.25, -0.2) is 0 Å². The minimum absolute atomic E-state index is 0.0273. The number of ether oxygens (including phenoxy) is 1. The Kier molecular flexibility index (Phi) is 6.65. The fourth-order valence-electron chi connectivity index (χ4n) is 12.4. The lowest BCUT2D eigenvalue weighted by Crippen LogP contribution is -2.67. The Morgan fingerprint density at radius 2 is 1.61 bits per heavy atom. The highest BCUT2D eigenvalue weighted by molar-refractivity contribution is 6.04. The Bertz CT molecular complexity index is 1290. The first-order valence-electron chi connectivity index (χ1n) is 16.3. The third-order valence-electron chi connectivity index (χ3n) is 14.4. The predicted octanol–water partition coefficient (Wildman–Crippen LogP) is 9.08. The summed E-state index contributed by atoms with van der Waals surface area (Å²) in [6, 6.07) is 10.4. The molecule has 0 saturated heterocycles. The van der Waals surface area contributed by atoms with Crippen molar-refractivity contribution < 1.29 is 14.3 Å². The van der Waals surface area contributed by atoms with Crippen LogP contribution in [0.15, 0.2) is 48.1 Å². The highest BCUT2D eigenvalue weighted by atomic mass is 16.5. The molecule has 0 bridgehead atoms. The van der Waals surface area contributed by atoms with Crippen LogP contribution in [0.4, 0.5) is 0 Å². The second-order valence-electron chi connectivity index (χ2n) is 16.1. The average Bonchev–Trinajstić information content (AvgIpc) is 3.33. The van der Waals surface area contributed by atoms with E-state index in [1.807, 2.05) is 6.07 Å². The zero-order valence-electron chi connectivity index (χ0n) is 26.6. The van der Waals surface area contributed by atoms with Gasteiger partial charge in [-0.15, -0.1) is 0 Å². The third kappa shape index (κ3) is 3.75. The molecule has 0 radical (unpaired) electrons. The zero-order valence-corrected chi connectivity index (χ0v) is 26.6. The van der Waals surface area contributed by atoms with Gasteiger partial charge < -0.3 is 4.74 Å². The number of fused-ring (bicyclic) bond motifs is 7. The molecule has 0 heterocycles. The van der Waals surface area contributed by atoms with Gasteiger partial charge in [-0.3, -0.25) is 9.59 Å². The quantitative estimate of drug-likeness (QED) is 0.212. The largest absolute Gasteiger partial charge is 0.469 e. The lowest BCUT2D eigenvalue weighted by molar-refractivity contribution is -0.232. The van der Waals surface area contributed by atoms with Crippen LogP contribution in [0.3, 0.4) is 0 Å². The minimum Gasteiger partial charge on any atom is -0.469 e. The number of hydrogen-bond donors (Lipinski definition) is 0. The fourth-order valence-corrected chi connectivity index (χ4v) is 12.4. The van der Waals surface area contributed by atoms with Crippen LogP contribution >= 0.6 is 0 Å². The summed E-state index contributed by atoms with van der Waals surface area (Å²) >= 11 is 0. The van der Waals surface area contributed by atoms with Gasteiger partial charge in [-0.1, -0.05) is 77.1 Å². The van der Waals surface area contributed by atoms with Gasteiger partial charge in [-0.2, -0.15) is 0 Å². The first-order chi connectivity index (χ1) is 19.3. The Morgan fingerprint density at radius 3 is 2.27 bits per heavy atom. The standard InChI is InChI=1S/C38H52O3/c1-24(2)27-16-19-38(33(40)41-8)21-20-36(6)28(31(27)38)14-15-30-35(5)23-26(22-25-12-10-9-11-13-25)32(39)34(3,4)29(35)17-18-37(30,36)7/h9-13,22,27-31H,1,14-21,23H2,2-8H3/b26-22-/t27?,28-,29?,30-,31?,35+,36-,37-,38+/m1/s1. The van der Waals surface area contributed by atoms with E-state index in [0.717, 1.165) is 49.7 Å². The van der Waals surface area contributed by atoms with Crippen LogP contribution in [0, 0.1) is 56.7 Å². The Morgan fingerprint density at radius 1 is 0.902 bits per heavy atom. The first-order valence-corrected chi connectivity index (χ1v) is 16.3. The van der Waals surface area contributed by atoms with Crippen molar-refractivity contribution in [3.05, 3.63) is 53.6 Å².